The Morgan fingerprint density at radius 1 is 1.24 bits per heavy atom. The van der Waals surface area contributed by atoms with Crippen molar-refractivity contribution in [3.8, 4) is 16.9 Å². The third kappa shape index (κ3) is 4.29. The molecule has 1 aliphatic rings. The van der Waals surface area contributed by atoms with Crippen molar-refractivity contribution in [2.75, 3.05) is 13.2 Å². The van der Waals surface area contributed by atoms with E-state index in [0.717, 1.165) is 36.2 Å². The number of para-hydroxylation sites is 1. The summed E-state index contributed by atoms with van der Waals surface area (Å²) in [5.74, 6) is -0.0836. The highest BCUT2D eigenvalue weighted by Crippen LogP contribution is 2.36. The largest absolute Gasteiger partial charge is 0.491 e. The Bertz CT molecular complexity index is 960. The molecule has 1 aliphatic heterocycles. The number of nitrogens with zero attached hydrogens (tertiary/aromatic N) is 3. The maximum atomic E-state index is 13.6. The Kier molecular flexibility index (Phi) is 5.84. The number of amides is 1. The van der Waals surface area contributed by atoms with Crippen LogP contribution in [0.3, 0.4) is 0 Å². The molecule has 1 N–H and O–H groups in total. The molecule has 7 heteroatoms. The standard InChI is InChI=1S/C22H23FN4O2/c23-18-5-1-2-7-20(18)29-14-4-8-21(28)27-13-3-6-19(27)22-17(15-25-26-22)16-9-11-24-12-10-16/h1-2,5,7,9-12,15,19H,3-4,6,8,13-14H2,(H,25,26). The highest BCUT2D eigenvalue weighted by atomic mass is 19.1. The highest BCUT2D eigenvalue weighted by molar-refractivity contribution is 5.77. The van der Waals surface area contributed by atoms with Gasteiger partial charge in [0.2, 0.25) is 5.91 Å². The molecule has 0 saturated carbocycles. The van der Waals surface area contributed by atoms with Gasteiger partial charge in [0.25, 0.3) is 0 Å². The number of ether oxygens (including phenoxy) is 1. The number of carbonyl (C=O) groups is 1. The molecule has 6 nitrogen and oxygen atoms in total. The zero-order chi connectivity index (χ0) is 20.1. The van der Waals surface area contributed by atoms with Crippen molar-refractivity contribution < 1.29 is 13.9 Å². The number of halogens is 1. The molecule has 0 bridgehead atoms. The number of aromatic amines is 1. The quantitative estimate of drug-likeness (QED) is 0.612. The topological polar surface area (TPSA) is 71.1 Å². The summed E-state index contributed by atoms with van der Waals surface area (Å²) < 4.78 is 19.1. The number of nitrogens with one attached hydrogen (secondary N) is 1. The van der Waals surface area contributed by atoms with E-state index in [1.165, 1.54) is 6.07 Å². The van der Waals surface area contributed by atoms with E-state index in [9.17, 15) is 9.18 Å². The van der Waals surface area contributed by atoms with Crippen molar-refractivity contribution in [3.05, 3.63) is 66.5 Å². The fourth-order valence-electron chi connectivity index (χ4n) is 3.79. The molecule has 2 aromatic heterocycles. The lowest BCUT2D eigenvalue weighted by molar-refractivity contribution is -0.132. The predicted molar refractivity (Wildman–Crippen MR) is 107 cm³/mol. The van der Waals surface area contributed by atoms with Crippen molar-refractivity contribution in [1.29, 1.82) is 0 Å². The van der Waals surface area contributed by atoms with Crippen LogP contribution in [0.5, 0.6) is 5.75 Å². The molecule has 4 rings (SSSR count). The van der Waals surface area contributed by atoms with Crippen LogP contribution in [0.15, 0.2) is 55.0 Å². The predicted octanol–water partition coefficient (Wildman–Crippen LogP) is 4.13. The Labute approximate surface area is 168 Å². The zero-order valence-corrected chi connectivity index (χ0v) is 16.1. The molecule has 0 spiro atoms. The SMILES string of the molecule is O=C(CCCOc1ccccc1F)N1CCCC1c1[nH]ncc1-c1ccncc1. The number of aromatic nitrogens is 3. The summed E-state index contributed by atoms with van der Waals surface area (Å²) in [6, 6.07) is 10.2. The Balaban J connectivity index is 1.37. The molecule has 29 heavy (non-hydrogen) atoms. The molecule has 1 aromatic carbocycles. The number of benzene rings is 1. The first-order chi connectivity index (χ1) is 14.2. The number of rotatable bonds is 7. The molecule has 3 heterocycles. The third-order valence-electron chi connectivity index (χ3n) is 5.20. The van der Waals surface area contributed by atoms with Gasteiger partial charge in [-0.05, 0) is 49.1 Å². The molecule has 1 fully saturated rings. The van der Waals surface area contributed by atoms with Gasteiger partial charge in [-0.2, -0.15) is 5.10 Å². The first kappa shape index (κ1) is 19.1. The van der Waals surface area contributed by atoms with E-state index >= 15 is 0 Å². The van der Waals surface area contributed by atoms with Crippen LogP contribution in [0, 0.1) is 5.82 Å². The second kappa shape index (κ2) is 8.86. The lowest BCUT2D eigenvalue weighted by Gasteiger charge is -2.25. The van der Waals surface area contributed by atoms with E-state index in [-0.39, 0.29) is 23.5 Å². The summed E-state index contributed by atoms with van der Waals surface area (Å²) in [4.78, 5) is 18.8. The van der Waals surface area contributed by atoms with Crippen molar-refractivity contribution >= 4 is 5.91 Å². The van der Waals surface area contributed by atoms with Crippen LogP contribution in [-0.2, 0) is 4.79 Å². The van der Waals surface area contributed by atoms with Gasteiger partial charge in [0.1, 0.15) is 0 Å². The molecule has 150 valence electrons. The van der Waals surface area contributed by atoms with Crippen molar-refractivity contribution in [3.63, 3.8) is 0 Å². The van der Waals surface area contributed by atoms with Gasteiger partial charge >= 0.3 is 0 Å². The second-order valence-corrected chi connectivity index (χ2v) is 7.06. The van der Waals surface area contributed by atoms with Gasteiger partial charge in [0, 0.05) is 30.9 Å². The van der Waals surface area contributed by atoms with Gasteiger partial charge < -0.3 is 9.64 Å². The van der Waals surface area contributed by atoms with E-state index in [1.54, 1.807) is 36.8 Å². The lowest BCUT2D eigenvalue weighted by atomic mass is 10.0. The summed E-state index contributed by atoms with van der Waals surface area (Å²) in [5, 5.41) is 7.31. The number of H-pyrrole nitrogens is 1. The van der Waals surface area contributed by atoms with Crippen LogP contribution in [0.25, 0.3) is 11.1 Å². The first-order valence-electron chi connectivity index (χ1n) is 9.84. The minimum absolute atomic E-state index is 0.0133. The minimum Gasteiger partial charge on any atom is -0.491 e. The molecule has 0 aliphatic carbocycles. The Morgan fingerprint density at radius 2 is 2.07 bits per heavy atom. The average molecular weight is 394 g/mol. The van der Waals surface area contributed by atoms with Crippen LogP contribution in [0.1, 0.15) is 37.4 Å². The summed E-state index contributed by atoms with van der Waals surface area (Å²) >= 11 is 0. The summed E-state index contributed by atoms with van der Waals surface area (Å²) in [6.45, 7) is 1.03. The summed E-state index contributed by atoms with van der Waals surface area (Å²) in [7, 11) is 0. The summed E-state index contributed by atoms with van der Waals surface area (Å²) in [6.07, 6.45) is 8.06. The van der Waals surface area contributed by atoms with Crippen LogP contribution in [0.4, 0.5) is 4.39 Å². The normalized spacial score (nSPS) is 16.2. The monoisotopic (exact) mass is 394 g/mol. The first-order valence-corrected chi connectivity index (χ1v) is 9.84. The third-order valence-corrected chi connectivity index (χ3v) is 5.20. The van der Waals surface area contributed by atoms with Gasteiger partial charge in [-0.25, -0.2) is 4.39 Å². The van der Waals surface area contributed by atoms with E-state index in [0.29, 0.717) is 19.4 Å². The fraction of sp³-hybridized carbons (Fsp3) is 0.318. The van der Waals surface area contributed by atoms with E-state index < -0.39 is 0 Å². The van der Waals surface area contributed by atoms with E-state index in [2.05, 4.69) is 15.2 Å². The van der Waals surface area contributed by atoms with Gasteiger partial charge in [-0.3, -0.25) is 14.9 Å². The molecule has 1 atom stereocenters. The molecule has 0 radical (unpaired) electrons. The Morgan fingerprint density at radius 3 is 2.90 bits per heavy atom. The molecule has 1 saturated heterocycles. The highest BCUT2D eigenvalue weighted by Gasteiger charge is 2.32. The number of hydrogen-bond acceptors (Lipinski definition) is 4. The van der Waals surface area contributed by atoms with Gasteiger partial charge in [-0.15, -0.1) is 0 Å². The Hall–Kier alpha value is -3.22. The average Bonchev–Trinajstić information content (AvgIpc) is 3.42. The van der Waals surface area contributed by atoms with Crippen LogP contribution >= 0.6 is 0 Å². The van der Waals surface area contributed by atoms with Crippen molar-refractivity contribution in [2.24, 2.45) is 0 Å². The van der Waals surface area contributed by atoms with Gasteiger partial charge in [0.05, 0.1) is 24.5 Å². The molecule has 3 aromatic rings. The zero-order valence-electron chi connectivity index (χ0n) is 16.1. The van der Waals surface area contributed by atoms with Crippen LogP contribution in [-0.4, -0.2) is 39.1 Å². The molecule has 1 amide bonds. The maximum Gasteiger partial charge on any atom is 0.223 e. The fourth-order valence-corrected chi connectivity index (χ4v) is 3.79. The van der Waals surface area contributed by atoms with Gasteiger partial charge in [-0.1, -0.05) is 12.1 Å². The van der Waals surface area contributed by atoms with E-state index in [1.807, 2.05) is 17.0 Å². The van der Waals surface area contributed by atoms with Crippen LogP contribution in [0.2, 0.25) is 0 Å². The number of hydrogen-bond donors (Lipinski definition) is 1. The van der Waals surface area contributed by atoms with Gasteiger partial charge in [0.15, 0.2) is 11.6 Å². The van der Waals surface area contributed by atoms with Crippen molar-refractivity contribution in [1.82, 2.24) is 20.1 Å². The number of likely N-dealkylation sites (tertiary alicyclic amines) is 1. The van der Waals surface area contributed by atoms with Crippen molar-refractivity contribution in [2.45, 2.75) is 31.7 Å². The maximum absolute atomic E-state index is 13.6. The lowest BCUT2D eigenvalue weighted by Crippen LogP contribution is -2.31. The molecular weight excluding hydrogens is 371 g/mol. The molecule has 1 unspecified atom stereocenters. The number of pyridine rings is 1. The second-order valence-electron chi connectivity index (χ2n) is 7.06. The van der Waals surface area contributed by atoms with Crippen LogP contribution < -0.4 is 4.74 Å². The number of carbonyl (C=O) groups excluding carboxylic acids is 1. The smallest absolute Gasteiger partial charge is 0.223 e. The van der Waals surface area contributed by atoms with E-state index in [4.69, 9.17) is 4.74 Å². The summed E-state index contributed by atoms with van der Waals surface area (Å²) in [5.41, 5.74) is 2.99. The molecular formula is C22H23FN4O2. The minimum atomic E-state index is -0.388.